The zero-order chi connectivity index (χ0) is 12.3. The average molecular weight is 267 g/mol. The molecule has 2 rings (SSSR count). The second kappa shape index (κ2) is 5.33. The van der Waals surface area contributed by atoms with E-state index in [2.05, 4.69) is 21.9 Å². The first-order valence-electron chi connectivity index (χ1n) is 5.08. The third-order valence-electron chi connectivity index (χ3n) is 2.06. The zero-order valence-electron chi connectivity index (χ0n) is 9.22. The SMILES string of the molecule is CCSc1ccc(-c2nc(N)ncc2Cl)cn1. The van der Waals surface area contributed by atoms with Gasteiger partial charge in [0.15, 0.2) is 0 Å². The summed E-state index contributed by atoms with van der Waals surface area (Å²) in [7, 11) is 0. The van der Waals surface area contributed by atoms with Crippen molar-refractivity contribution in [3.63, 3.8) is 0 Å². The number of anilines is 1. The molecule has 0 aromatic carbocycles. The lowest BCUT2D eigenvalue weighted by molar-refractivity contribution is 1.12. The molecule has 0 saturated carbocycles. The normalized spacial score (nSPS) is 10.5. The summed E-state index contributed by atoms with van der Waals surface area (Å²) in [5, 5.41) is 1.45. The lowest BCUT2D eigenvalue weighted by atomic mass is 10.2. The van der Waals surface area contributed by atoms with Crippen molar-refractivity contribution in [2.24, 2.45) is 0 Å². The number of thioether (sulfide) groups is 1. The van der Waals surface area contributed by atoms with Crippen molar-refractivity contribution in [3.05, 3.63) is 29.5 Å². The topological polar surface area (TPSA) is 64.7 Å². The van der Waals surface area contributed by atoms with Crippen molar-refractivity contribution in [2.45, 2.75) is 11.9 Å². The van der Waals surface area contributed by atoms with Gasteiger partial charge in [-0.1, -0.05) is 18.5 Å². The fourth-order valence-corrected chi connectivity index (χ4v) is 2.12. The number of pyridine rings is 1. The zero-order valence-corrected chi connectivity index (χ0v) is 10.8. The Bertz CT molecular complexity index is 515. The molecule has 0 spiro atoms. The highest BCUT2D eigenvalue weighted by molar-refractivity contribution is 7.99. The lowest BCUT2D eigenvalue weighted by Gasteiger charge is -2.04. The molecule has 0 atom stereocenters. The minimum Gasteiger partial charge on any atom is -0.368 e. The van der Waals surface area contributed by atoms with Crippen LogP contribution in [-0.2, 0) is 0 Å². The molecule has 2 aromatic rings. The summed E-state index contributed by atoms with van der Waals surface area (Å²) in [4.78, 5) is 12.2. The molecule has 0 aliphatic carbocycles. The highest BCUT2D eigenvalue weighted by atomic mass is 35.5. The molecule has 2 heterocycles. The summed E-state index contributed by atoms with van der Waals surface area (Å²) in [6.45, 7) is 2.09. The van der Waals surface area contributed by atoms with Gasteiger partial charge in [0.1, 0.15) is 0 Å². The molecule has 0 fully saturated rings. The van der Waals surface area contributed by atoms with Gasteiger partial charge in [-0.25, -0.2) is 15.0 Å². The predicted molar refractivity (Wildman–Crippen MR) is 71.1 cm³/mol. The lowest BCUT2D eigenvalue weighted by Crippen LogP contribution is -1.96. The molecule has 0 amide bonds. The smallest absolute Gasteiger partial charge is 0.220 e. The van der Waals surface area contributed by atoms with Crippen molar-refractivity contribution < 1.29 is 0 Å². The van der Waals surface area contributed by atoms with Crippen molar-refractivity contribution in [1.82, 2.24) is 15.0 Å². The van der Waals surface area contributed by atoms with Crippen LogP contribution in [0.2, 0.25) is 5.02 Å². The Morgan fingerprint density at radius 2 is 2.12 bits per heavy atom. The fraction of sp³-hybridized carbons (Fsp3) is 0.182. The van der Waals surface area contributed by atoms with Crippen LogP contribution in [0.25, 0.3) is 11.3 Å². The van der Waals surface area contributed by atoms with E-state index < -0.39 is 0 Å². The van der Waals surface area contributed by atoms with Gasteiger partial charge in [0, 0.05) is 11.8 Å². The molecular weight excluding hydrogens is 256 g/mol. The van der Waals surface area contributed by atoms with Crippen molar-refractivity contribution in [3.8, 4) is 11.3 Å². The van der Waals surface area contributed by atoms with E-state index in [4.69, 9.17) is 17.3 Å². The summed E-state index contributed by atoms with van der Waals surface area (Å²) >= 11 is 7.70. The van der Waals surface area contributed by atoms with Crippen LogP contribution < -0.4 is 5.73 Å². The van der Waals surface area contributed by atoms with Gasteiger partial charge in [-0.2, -0.15) is 0 Å². The largest absolute Gasteiger partial charge is 0.368 e. The van der Waals surface area contributed by atoms with E-state index in [0.29, 0.717) is 10.7 Å². The summed E-state index contributed by atoms with van der Waals surface area (Å²) in [5.41, 5.74) is 6.99. The molecule has 0 bridgehead atoms. The van der Waals surface area contributed by atoms with Crippen LogP contribution in [-0.4, -0.2) is 20.7 Å². The van der Waals surface area contributed by atoms with Crippen molar-refractivity contribution in [2.75, 3.05) is 11.5 Å². The third-order valence-corrected chi connectivity index (χ3v) is 3.17. The van der Waals surface area contributed by atoms with Gasteiger partial charge in [-0.3, -0.25) is 0 Å². The summed E-state index contributed by atoms with van der Waals surface area (Å²) in [6, 6.07) is 3.87. The number of rotatable bonds is 3. The second-order valence-corrected chi connectivity index (χ2v) is 4.93. The van der Waals surface area contributed by atoms with Crippen LogP contribution in [0.1, 0.15) is 6.92 Å². The quantitative estimate of drug-likeness (QED) is 0.866. The molecule has 0 radical (unpaired) electrons. The molecule has 2 aromatic heterocycles. The number of nitrogens with zero attached hydrogens (tertiary/aromatic N) is 3. The van der Waals surface area contributed by atoms with E-state index >= 15 is 0 Å². The number of nitrogen functional groups attached to an aromatic ring is 1. The van der Waals surface area contributed by atoms with Crippen LogP contribution in [0.3, 0.4) is 0 Å². The number of nitrogens with two attached hydrogens (primary N) is 1. The molecule has 0 unspecified atom stereocenters. The summed E-state index contributed by atoms with van der Waals surface area (Å²) in [5.74, 6) is 1.20. The minimum atomic E-state index is 0.205. The van der Waals surface area contributed by atoms with E-state index in [-0.39, 0.29) is 5.95 Å². The Balaban J connectivity index is 2.36. The standard InChI is InChI=1S/C11H11ClN4S/c1-2-17-9-4-3-7(5-14-9)10-8(12)6-15-11(13)16-10/h3-6H,2H2,1H3,(H2,13,15,16). The third kappa shape index (κ3) is 2.87. The fourth-order valence-electron chi connectivity index (χ4n) is 1.34. The molecule has 0 aliphatic rings. The molecule has 0 aliphatic heterocycles. The minimum absolute atomic E-state index is 0.205. The number of aromatic nitrogens is 3. The van der Waals surface area contributed by atoms with Gasteiger partial charge in [-0.05, 0) is 17.9 Å². The van der Waals surface area contributed by atoms with Crippen LogP contribution in [0.4, 0.5) is 5.95 Å². The van der Waals surface area contributed by atoms with Gasteiger partial charge in [0.05, 0.1) is 21.9 Å². The van der Waals surface area contributed by atoms with Gasteiger partial charge in [0.25, 0.3) is 0 Å². The maximum Gasteiger partial charge on any atom is 0.220 e. The van der Waals surface area contributed by atoms with Crippen LogP contribution in [0.5, 0.6) is 0 Å². The van der Waals surface area contributed by atoms with Gasteiger partial charge in [0.2, 0.25) is 5.95 Å². The summed E-state index contributed by atoms with van der Waals surface area (Å²) < 4.78 is 0. The Hall–Kier alpha value is -1.33. The Morgan fingerprint density at radius 1 is 1.29 bits per heavy atom. The first-order valence-corrected chi connectivity index (χ1v) is 6.44. The molecule has 6 heteroatoms. The number of hydrogen-bond donors (Lipinski definition) is 1. The molecule has 88 valence electrons. The van der Waals surface area contributed by atoms with Crippen LogP contribution in [0.15, 0.2) is 29.6 Å². The first-order chi connectivity index (χ1) is 8.20. The average Bonchev–Trinajstić information content (AvgIpc) is 2.34. The van der Waals surface area contributed by atoms with Gasteiger partial charge < -0.3 is 5.73 Å². The molecule has 0 saturated heterocycles. The monoisotopic (exact) mass is 266 g/mol. The van der Waals surface area contributed by atoms with Crippen molar-refractivity contribution in [1.29, 1.82) is 0 Å². The molecular formula is C11H11ClN4S. The van der Waals surface area contributed by atoms with E-state index in [1.807, 2.05) is 12.1 Å². The van der Waals surface area contributed by atoms with Crippen LogP contribution in [0, 0.1) is 0 Å². The van der Waals surface area contributed by atoms with E-state index in [1.54, 1.807) is 18.0 Å². The Kier molecular flexibility index (Phi) is 3.81. The van der Waals surface area contributed by atoms with Gasteiger partial charge in [-0.15, -0.1) is 11.8 Å². The molecule has 17 heavy (non-hydrogen) atoms. The summed E-state index contributed by atoms with van der Waals surface area (Å²) in [6.07, 6.45) is 3.24. The van der Waals surface area contributed by atoms with E-state index in [9.17, 15) is 0 Å². The Morgan fingerprint density at radius 3 is 2.76 bits per heavy atom. The maximum absolute atomic E-state index is 6.02. The highest BCUT2D eigenvalue weighted by Gasteiger charge is 2.07. The predicted octanol–water partition coefficient (Wildman–Crippen LogP) is 2.89. The van der Waals surface area contributed by atoms with E-state index in [1.165, 1.54) is 6.20 Å². The maximum atomic E-state index is 6.02. The number of hydrogen-bond acceptors (Lipinski definition) is 5. The first kappa shape index (κ1) is 12.1. The molecule has 2 N–H and O–H groups in total. The number of halogens is 1. The Labute approximate surface area is 109 Å². The molecule has 4 nitrogen and oxygen atoms in total. The highest BCUT2D eigenvalue weighted by Crippen LogP contribution is 2.26. The van der Waals surface area contributed by atoms with Crippen LogP contribution >= 0.6 is 23.4 Å². The second-order valence-electron chi connectivity index (χ2n) is 3.24. The van der Waals surface area contributed by atoms with E-state index in [0.717, 1.165) is 16.3 Å². The van der Waals surface area contributed by atoms with Crippen molar-refractivity contribution >= 4 is 29.3 Å². The van der Waals surface area contributed by atoms with Gasteiger partial charge >= 0.3 is 0 Å².